The predicted molar refractivity (Wildman–Crippen MR) is 239 cm³/mol. The van der Waals surface area contributed by atoms with E-state index in [4.69, 9.17) is 0 Å². The van der Waals surface area contributed by atoms with Crippen molar-refractivity contribution in [3.63, 3.8) is 0 Å². The fourth-order valence-corrected chi connectivity index (χ4v) is 17.8. The third-order valence-electron chi connectivity index (χ3n) is 11.8. The van der Waals surface area contributed by atoms with Crippen molar-refractivity contribution >= 4 is 26.3 Å². The van der Waals surface area contributed by atoms with Crippen LogP contribution in [0.4, 0.5) is 0 Å². The average molecular weight is 807 g/mol. The molecule has 292 valence electrons. The van der Waals surface area contributed by atoms with Crippen molar-refractivity contribution in [3.8, 4) is 0 Å². The van der Waals surface area contributed by atoms with Gasteiger partial charge in [0.15, 0.2) is 0 Å². The number of hydrogen-bond acceptors (Lipinski definition) is 0. The van der Waals surface area contributed by atoms with Crippen molar-refractivity contribution in [1.29, 1.82) is 0 Å². The molecule has 0 aliphatic rings. The molecule has 0 unspecified atom stereocenters. The smallest absolute Gasteiger partial charge is 0.0654 e. The molecule has 0 atom stereocenters. The van der Waals surface area contributed by atoms with Crippen LogP contribution in [0, 0.1) is 0 Å². The van der Waals surface area contributed by atoms with Gasteiger partial charge in [-0.1, -0.05) is 52.4 Å². The maximum atomic E-state index is 3.26. The fraction of sp³-hybridized carbons (Fsp3) is 1.00. The molecule has 0 heterocycles. The molecule has 48 heavy (non-hydrogen) atoms. The van der Waals surface area contributed by atoms with Gasteiger partial charge < -0.3 is 0 Å². The Bertz CT molecular complexity index is 553. The van der Waals surface area contributed by atoms with Gasteiger partial charge >= 0.3 is 270 Å². The van der Waals surface area contributed by atoms with E-state index < -0.39 is 4.25 Å². The predicted octanol–water partition coefficient (Wildman–Crippen LogP) is 18.8. The summed E-state index contributed by atoms with van der Waals surface area (Å²) in [4.78, 5) is 0. The Balaban J connectivity index is 4.63. The Labute approximate surface area is 320 Å². The normalized spacial score (nSPS) is 12.9. The molecule has 0 aromatic rings. The van der Waals surface area contributed by atoms with Gasteiger partial charge in [0.2, 0.25) is 0 Å². The van der Waals surface area contributed by atoms with Crippen LogP contribution in [0.25, 0.3) is 0 Å². The van der Waals surface area contributed by atoms with Gasteiger partial charge in [0.1, 0.15) is 0 Å². The van der Waals surface area contributed by atoms with Crippen molar-refractivity contribution in [2.75, 3.05) is 24.6 Å². The van der Waals surface area contributed by atoms with Crippen molar-refractivity contribution in [3.05, 3.63) is 0 Å². The summed E-state index contributed by atoms with van der Waals surface area (Å²) in [7, 11) is 0. The Hall–Kier alpha value is 1.16. The van der Waals surface area contributed by atoms with Crippen LogP contribution < -0.4 is 0 Å². The molecular weight excluding hydrogens is 710 g/mol. The number of halogens is 1. The summed E-state index contributed by atoms with van der Waals surface area (Å²) >= 11 is 3.26. The zero-order valence-electron chi connectivity index (χ0n) is 34.5. The summed E-state index contributed by atoms with van der Waals surface area (Å²) < 4.78 is -1.65. The molecule has 0 saturated heterocycles. The summed E-state index contributed by atoms with van der Waals surface area (Å²) in [5.41, 5.74) is 0. The van der Waals surface area contributed by atoms with E-state index in [2.05, 4.69) is 49.7 Å². The second-order valence-electron chi connectivity index (χ2n) is 16.7. The summed E-state index contributed by atoms with van der Waals surface area (Å²) in [5.74, 6) is 0. The summed E-state index contributed by atoms with van der Waals surface area (Å²) in [5, 5.41) is 0. The first-order valence-corrected chi connectivity index (χ1v) is 29.0. The molecule has 0 amide bonds. The summed E-state index contributed by atoms with van der Waals surface area (Å²) in [6, 6.07) is 0. The van der Waals surface area contributed by atoms with E-state index in [-0.39, 0.29) is 0 Å². The van der Waals surface area contributed by atoms with E-state index in [0.29, 0.717) is 0 Å². The van der Waals surface area contributed by atoms with E-state index >= 15 is 0 Å². The van der Waals surface area contributed by atoms with E-state index in [0.717, 1.165) is 0 Å². The Kier molecular flexibility index (Phi) is 38.8. The minimum atomic E-state index is -1.65. The maximum absolute atomic E-state index is 3.26. The van der Waals surface area contributed by atoms with Crippen molar-refractivity contribution in [2.24, 2.45) is 0 Å². The van der Waals surface area contributed by atoms with Gasteiger partial charge in [-0.3, -0.25) is 0 Å². The quantitative estimate of drug-likeness (QED) is 0.0327. The molecule has 0 nitrogen and oxygen atoms in total. The van der Waals surface area contributed by atoms with Crippen LogP contribution in [0.3, 0.4) is 0 Å². The molecule has 0 radical (unpaired) electrons. The third-order valence-corrected chi connectivity index (χ3v) is 23.3. The Morgan fingerprint density at radius 3 is 0.479 bits per heavy atom. The van der Waals surface area contributed by atoms with E-state index in [1.807, 2.05) is 0 Å². The van der Waals surface area contributed by atoms with Crippen LogP contribution in [0.2, 0.25) is 0 Å². The molecule has 0 spiro atoms. The Morgan fingerprint density at radius 1 is 0.208 bits per heavy atom. The van der Waals surface area contributed by atoms with Crippen LogP contribution in [0.5, 0.6) is 0 Å². The molecule has 0 bridgehead atoms. The topological polar surface area (TPSA) is 0 Å². The SMILES string of the molecule is CCCCCCCCCCCCCCCCP(I)(CCCCCCC)(CCCCCCC)CCCCCCCCCCCCCCCC. The van der Waals surface area contributed by atoms with E-state index in [9.17, 15) is 0 Å². The molecule has 0 N–H and O–H groups in total. The molecule has 0 saturated carbocycles. The van der Waals surface area contributed by atoms with Gasteiger partial charge in [0, 0.05) is 0 Å². The second-order valence-corrected chi connectivity index (χ2v) is 30.4. The second kappa shape index (κ2) is 37.9. The van der Waals surface area contributed by atoms with Gasteiger partial charge in [0.25, 0.3) is 0 Å². The first kappa shape index (κ1) is 49.2. The molecule has 0 aliphatic heterocycles. The number of unbranched alkanes of at least 4 members (excludes halogenated alkanes) is 34. The standard InChI is InChI=1S/C46H96IP/c1-5-9-13-17-19-21-23-25-27-29-31-33-37-41-45-48(47,43-39-35-15-11-7-3,44-40-36-16-12-8-4)46-42-38-34-32-30-28-26-24-22-20-18-14-10-6-2/h5-46H2,1-4H3. The van der Waals surface area contributed by atoms with Crippen LogP contribution in [0.1, 0.15) is 272 Å². The molecule has 0 aliphatic carbocycles. The molecule has 0 rings (SSSR count). The minimum Gasteiger partial charge on any atom is -0.0654 e. The van der Waals surface area contributed by atoms with Gasteiger partial charge in [-0.05, 0) is 0 Å². The van der Waals surface area contributed by atoms with Crippen LogP contribution >= 0.6 is 26.3 Å². The van der Waals surface area contributed by atoms with Gasteiger partial charge in [-0.15, -0.1) is 0 Å². The number of hydrogen-bond donors (Lipinski definition) is 0. The molecule has 0 aromatic heterocycles. The average Bonchev–Trinajstić information content (AvgIpc) is 3.08. The molecule has 0 aromatic carbocycles. The fourth-order valence-electron chi connectivity index (χ4n) is 8.29. The van der Waals surface area contributed by atoms with Gasteiger partial charge in [-0.2, -0.15) is 0 Å². The van der Waals surface area contributed by atoms with Crippen molar-refractivity contribution < 1.29 is 0 Å². The van der Waals surface area contributed by atoms with Crippen LogP contribution in [-0.2, 0) is 0 Å². The first-order chi connectivity index (χ1) is 23.5. The molecule has 2 heteroatoms. The van der Waals surface area contributed by atoms with Gasteiger partial charge in [-0.25, -0.2) is 0 Å². The number of rotatable bonds is 42. The zero-order chi connectivity index (χ0) is 35.1. The third kappa shape index (κ3) is 33.0. The van der Waals surface area contributed by atoms with Gasteiger partial charge in [0.05, 0.1) is 0 Å². The van der Waals surface area contributed by atoms with Crippen LogP contribution in [-0.4, -0.2) is 24.6 Å². The van der Waals surface area contributed by atoms with Crippen molar-refractivity contribution in [1.82, 2.24) is 0 Å². The molecular formula is C46H96IP. The van der Waals surface area contributed by atoms with E-state index in [1.54, 1.807) is 37.5 Å². The Morgan fingerprint density at radius 2 is 0.333 bits per heavy atom. The minimum absolute atomic E-state index is 1.37. The van der Waals surface area contributed by atoms with Crippen LogP contribution in [0.15, 0.2) is 0 Å². The molecule has 0 fully saturated rings. The monoisotopic (exact) mass is 807 g/mol. The first-order valence-electron chi connectivity index (χ1n) is 23.3. The zero-order valence-corrected chi connectivity index (χ0v) is 37.6. The summed E-state index contributed by atoms with van der Waals surface area (Å²) in [6.45, 7) is 9.40. The van der Waals surface area contributed by atoms with Crippen molar-refractivity contribution in [2.45, 2.75) is 272 Å². The van der Waals surface area contributed by atoms with E-state index in [1.165, 1.54) is 231 Å². The summed E-state index contributed by atoms with van der Waals surface area (Å²) in [6.07, 6.45) is 62.8.